The fourth-order valence-electron chi connectivity index (χ4n) is 4.51. The van der Waals surface area contributed by atoms with Crippen LogP contribution in [-0.2, 0) is 16.0 Å². The first-order valence-corrected chi connectivity index (χ1v) is 11.3. The fourth-order valence-corrected chi connectivity index (χ4v) is 4.51. The van der Waals surface area contributed by atoms with Crippen molar-refractivity contribution < 1.29 is 14.3 Å². The number of carbonyl (C=O) groups is 2. The second kappa shape index (κ2) is 10.7. The molecule has 1 N–H and O–H groups in total. The Balaban J connectivity index is 1.47. The first-order chi connectivity index (χ1) is 14.0. The maximum Gasteiger partial charge on any atom is 0.409 e. The van der Waals surface area contributed by atoms with Gasteiger partial charge >= 0.3 is 6.09 Å². The van der Waals surface area contributed by atoms with Crippen LogP contribution in [0.5, 0.6) is 0 Å². The van der Waals surface area contributed by atoms with Crippen molar-refractivity contribution in [3.8, 4) is 0 Å². The summed E-state index contributed by atoms with van der Waals surface area (Å²) in [5.41, 5.74) is 1.35. The highest BCUT2D eigenvalue weighted by Gasteiger charge is 2.32. The fraction of sp³-hybridized carbons (Fsp3) is 0.667. The summed E-state index contributed by atoms with van der Waals surface area (Å²) in [6.45, 7) is 5.71. The maximum absolute atomic E-state index is 12.9. The van der Waals surface area contributed by atoms with Crippen LogP contribution in [-0.4, -0.2) is 42.6 Å². The predicted molar refractivity (Wildman–Crippen MR) is 115 cm³/mol. The van der Waals surface area contributed by atoms with Crippen LogP contribution in [0.1, 0.15) is 57.9 Å². The Morgan fingerprint density at radius 3 is 2.45 bits per heavy atom. The second-order valence-corrected chi connectivity index (χ2v) is 9.08. The summed E-state index contributed by atoms with van der Waals surface area (Å²) in [5, 5.41) is 3.37. The Hall–Kier alpha value is -2.04. The first kappa shape index (κ1) is 21.7. The van der Waals surface area contributed by atoms with Gasteiger partial charge in [-0.2, -0.15) is 0 Å². The van der Waals surface area contributed by atoms with Crippen LogP contribution in [0.3, 0.4) is 0 Å². The van der Waals surface area contributed by atoms with Crippen molar-refractivity contribution in [1.29, 1.82) is 0 Å². The monoisotopic (exact) mass is 400 g/mol. The molecular weight excluding hydrogens is 364 g/mol. The summed E-state index contributed by atoms with van der Waals surface area (Å²) in [6, 6.07) is 10.9. The molecule has 1 aromatic rings. The van der Waals surface area contributed by atoms with Crippen molar-refractivity contribution in [2.45, 2.75) is 64.8 Å². The Morgan fingerprint density at radius 1 is 1.07 bits per heavy atom. The van der Waals surface area contributed by atoms with Crippen LogP contribution < -0.4 is 5.32 Å². The number of rotatable bonds is 6. The number of benzene rings is 1. The SMILES string of the molecule is CC(C)COC(=O)N1CCC(C(=O)NC2CCCCC2Cc2ccccc2)CC1. The van der Waals surface area contributed by atoms with E-state index in [1.54, 1.807) is 4.90 Å². The molecule has 1 saturated heterocycles. The number of amides is 2. The first-order valence-electron chi connectivity index (χ1n) is 11.3. The van der Waals surface area contributed by atoms with Crippen molar-refractivity contribution in [2.24, 2.45) is 17.8 Å². The number of piperidine rings is 1. The molecule has 1 aliphatic heterocycles. The van der Waals surface area contributed by atoms with Gasteiger partial charge in [-0.25, -0.2) is 4.79 Å². The molecule has 5 nitrogen and oxygen atoms in total. The van der Waals surface area contributed by atoms with E-state index in [0.717, 1.165) is 25.7 Å². The summed E-state index contributed by atoms with van der Waals surface area (Å²) >= 11 is 0. The van der Waals surface area contributed by atoms with Crippen molar-refractivity contribution >= 4 is 12.0 Å². The Morgan fingerprint density at radius 2 is 1.76 bits per heavy atom. The maximum atomic E-state index is 12.9. The van der Waals surface area contributed by atoms with Gasteiger partial charge in [-0.05, 0) is 49.5 Å². The van der Waals surface area contributed by atoms with Crippen LogP contribution in [0.15, 0.2) is 30.3 Å². The molecule has 0 spiro atoms. The molecule has 0 bridgehead atoms. The molecule has 160 valence electrons. The average molecular weight is 401 g/mol. The van der Waals surface area contributed by atoms with Crippen LogP contribution in [0.25, 0.3) is 0 Å². The summed E-state index contributed by atoms with van der Waals surface area (Å²) in [6.07, 6.45) is 6.93. The van der Waals surface area contributed by atoms with E-state index in [1.807, 2.05) is 13.8 Å². The molecule has 29 heavy (non-hydrogen) atoms. The summed E-state index contributed by atoms with van der Waals surface area (Å²) < 4.78 is 5.32. The molecule has 2 amide bonds. The minimum atomic E-state index is -0.243. The molecule has 5 heteroatoms. The highest BCUT2D eigenvalue weighted by atomic mass is 16.6. The third-order valence-corrected chi connectivity index (χ3v) is 6.24. The molecule has 3 rings (SSSR count). The van der Waals surface area contributed by atoms with E-state index in [0.29, 0.717) is 31.5 Å². The third kappa shape index (κ3) is 6.48. The molecule has 1 aliphatic carbocycles. The lowest BCUT2D eigenvalue weighted by Crippen LogP contribution is -2.48. The van der Waals surface area contributed by atoms with Crippen molar-refractivity contribution in [3.05, 3.63) is 35.9 Å². The van der Waals surface area contributed by atoms with E-state index in [-0.39, 0.29) is 24.0 Å². The van der Waals surface area contributed by atoms with Gasteiger partial charge in [0.05, 0.1) is 6.61 Å². The molecule has 2 fully saturated rings. The molecule has 0 aromatic heterocycles. The van der Waals surface area contributed by atoms with E-state index in [1.165, 1.54) is 24.8 Å². The topological polar surface area (TPSA) is 58.6 Å². The van der Waals surface area contributed by atoms with E-state index < -0.39 is 0 Å². The largest absolute Gasteiger partial charge is 0.449 e. The molecule has 2 aliphatic rings. The van der Waals surface area contributed by atoms with E-state index in [2.05, 4.69) is 35.6 Å². The quantitative estimate of drug-likeness (QED) is 0.769. The summed E-state index contributed by atoms with van der Waals surface area (Å²) in [4.78, 5) is 26.8. The van der Waals surface area contributed by atoms with Gasteiger partial charge in [-0.1, -0.05) is 57.0 Å². The van der Waals surface area contributed by atoms with Crippen molar-refractivity contribution in [2.75, 3.05) is 19.7 Å². The van der Waals surface area contributed by atoms with Gasteiger partial charge in [0.1, 0.15) is 0 Å². The zero-order chi connectivity index (χ0) is 20.6. The van der Waals surface area contributed by atoms with Gasteiger partial charge in [0.15, 0.2) is 0 Å². The number of nitrogens with zero attached hydrogens (tertiary/aromatic N) is 1. The highest BCUT2D eigenvalue weighted by molar-refractivity contribution is 5.79. The smallest absolute Gasteiger partial charge is 0.409 e. The standard InChI is InChI=1S/C24H36N2O3/c1-18(2)17-29-24(28)26-14-12-20(13-15-26)23(27)25-22-11-7-6-10-21(22)16-19-8-4-3-5-9-19/h3-5,8-9,18,20-22H,6-7,10-17H2,1-2H3,(H,25,27). The Labute approximate surface area is 175 Å². The molecule has 1 heterocycles. The van der Waals surface area contributed by atoms with Gasteiger partial charge in [-0.3, -0.25) is 4.79 Å². The normalized spacial score (nSPS) is 23.1. The second-order valence-electron chi connectivity index (χ2n) is 9.08. The number of carbonyl (C=O) groups excluding carboxylic acids is 2. The molecule has 2 atom stereocenters. The van der Waals surface area contributed by atoms with Crippen LogP contribution in [0.4, 0.5) is 4.79 Å². The van der Waals surface area contributed by atoms with Gasteiger partial charge in [0, 0.05) is 25.0 Å². The van der Waals surface area contributed by atoms with Crippen molar-refractivity contribution in [3.63, 3.8) is 0 Å². The number of ether oxygens (including phenoxy) is 1. The lowest BCUT2D eigenvalue weighted by Gasteiger charge is -2.35. The van der Waals surface area contributed by atoms with Gasteiger partial charge in [-0.15, -0.1) is 0 Å². The molecule has 1 saturated carbocycles. The molecule has 0 radical (unpaired) electrons. The minimum absolute atomic E-state index is 0.00319. The minimum Gasteiger partial charge on any atom is -0.449 e. The van der Waals surface area contributed by atoms with Crippen LogP contribution in [0, 0.1) is 17.8 Å². The van der Waals surface area contributed by atoms with Gasteiger partial charge in [0.2, 0.25) is 5.91 Å². The lowest BCUT2D eigenvalue weighted by atomic mass is 9.80. The third-order valence-electron chi connectivity index (χ3n) is 6.24. The van der Waals surface area contributed by atoms with Crippen molar-refractivity contribution in [1.82, 2.24) is 10.2 Å². The number of hydrogen-bond acceptors (Lipinski definition) is 3. The zero-order valence-electron chi connectivity index (χ0n) is 17.9. The van der Waals surface area contributed by atoms with E-state index >= 15 is 0 Å². The Kier molecular flexibility index (Phi) is 7.96. The van der Waals surface area contributed by atoms with E-state index in [9.17, 15) is 9.59 Å². The molecule has 2 unspecified atom stereocenters. The number of likely N-dealkylation sites (tertiary alicyclic amines) is 1. The Bertz CT molecular complexity index is 653. The highest BCUT2D eigenvalue weighted by Crippen LogP contribution is 2.28. The van der Waals surface area contributed by atoms with Gasteiger partial charge in [0.25, 0.3) is 0 Å². The summed E-state index contributed by atoms with van der Waals surface area (Å²) in [7, 11) is 0. The molecule has 1 aromatic carbocycles. The summed E-state index contributed by atoms with van der Waals surface area (Å²) in [5.74, 6) is 1.02. The van der Waals surface area contributed by atoms with Gasteiger partial charge < -0.3 is 15.0 Å². The number of hydrogen-bond donors (Lipinski definition) is 1. The average Bonchev–Trinajstić information content (AvgIpc) is 2.74. The number of nitrogens with one attached hydrogen (secondary N) is 1. The van der Waals surface area contributed by atoms with E-state index in [4.69, 9.17) is 4.74 Å². The zero-order valence-corrected chi connectivity index (χ0v) is 17.9. The van der Waals surface area contributed by atoms with Crippen LogP contribution >= 0.6 is 0 Å². The molecular formula is C24H36N2O3. The predicted octanol–water partition coefficient (Wildman–Crippen LogP) is 4.41. The lowest BCUT2D eigenvalue weighted by molar-refractivity contribution is -0.127. The van der Waals surface area contributed by atoms with Crippen LogP contribution in [0.2, 0.25) is 0 Å².